The van der Waals surface area contributed by atoms with Crippen molar-refractivity contribution in [2.24, 2.45) is 0 Å². The number of aromatic amines is 1. The highest BCUT2D eigenvalue weighted by Gasteiger charge is 2.02. The van der Waals surface area contributed by atoms with Gasteiger partial charge in [0.2, 0.25) is 0 Å². The lowest BCUT2D eigenvalue weighted by Gasteiger charge is -1.99. The van der Waals surface area contributed by atoms with E-state index in [-0.39, 0.29) is 0 Å². The van der Waals surface area contributed by atoms with E-state index in [9.17, 15) is 0 Å². The van der Waals surface area contributed by atoms with Crippen LogP contribution in [0.15, 0.2) is 59.5 Å². The van der Waals surface area contributed by atoms with Crippen LogP contribution in [0.4, 0.5) is 0 Å². The quantitative estimate of drug-likeness (QED) is 0.648. The largest absolute Gasteiger partial charge is 0.355 e. The Morgan fingerprint density at radius 2 is 1.71 bits per heavy atom. The van der Waals surface area contributed by atoms with Gasteiger partial charge in [0.15, 0.2) is 0 Å². The summed E-state index contributed by atoms with van der Waals surface area (Å²) in [6.45, 7) is 0. The van der Waals surface area contributed by atoms with Gasteiger partial charge in [-0.05, 0) is 36.1 Å². The number of para-hydroxylation sites is 1. The number of hydrogen-bond acceptors (Lipinski definition) is 1. The SMILES string of the molecule is CSc1ccc(-c2cc3ccccc3[nH]2)cc1. The highest BCUT2D eigenvalue weighted by molar-refractivity contribution is 7.98. The van der Waals surface area contributed by atoms with Crippen LogP contribution in [0.2, 0.25) is 0 Å². The molecule has 0 aliphatic rings. The molecule has 0 aliphatic heterocycles. The van der Waals surface area contributed by atoms with Gasteiger partial charge in [0.05, 0.1) is 0 Å². The third-order valence-electron chi connectivity index (χ3n) is 2.93. The van der Waals surface area contributed by atoms with Gasteiger partial charge in [0.25, 0.3) is 0 Å². The molecule has 0 aliphatic carbocycles. The van der Waals surface area contributed by atoms with Crippen LogP contribution in [0.25, 0.3) is 22.2 Å². The minimum atomic E-state index is 1.18. The lowest BCUT2D eigenvalue weighted by atomic mass is 10.1. The Morgan fingerprint density at radius 3 is 2.41 bits per heavy atom. The first-order chi connectivity index (χ1) is 8.36. The van der Waals surface area contributed by atoms with Crippen molar-refractivity contribution in [3.63, 3.8) is 0 Å². The number of nitrogens with one attached hydrogen (secondary N) is 1. The molecule has 2 heteroatoms. The first-order valence-electron chi connectivity index (χ1n) is 5.59. The van der Waals surface area contributed by atoms with Gasteiger partial charge in [0.1, 0.15) is 0 Å². The summed E-state index contributed by atoms with van der Waals surface area (Å²) in [4.78, 5) is 4.74. The summed E-state index contributed by atoms with van der Waals surface area (Å²) in [7, 11) is 0. The Bertz CT molecular complexity index is 604. The molecule has 0 saturated carbocycles. The van der Waals surface area contributed by atoms with Crippen molar-refractivity contribution < 1.29 is 0 Å². The molecule has 1 N–H and O–H groups in total. The second-order valence-corrected chi connectivity index (χ2v) is 4.88. The third-order valence-corrected chi connectivity index (χ3v) is 3.67. The van der Waals surface area contributed by atoms with Gasteiger partial charge in [-0.3, -0.25) is 0 Å². The van der Waals surface area contributed by atoms with E-state index in [0.29, 0.717) is 0 Å². The van der Waals surface area contributed by atoms with Crippen molar-refractivity contribution in [2.45, 2.75) is 4.90 Å². The number of hydrogen-bond donors (Lipinski definition) is 1. The average Bonchev–Trinajstić information content (AvgIpc) is 2.82. The molecule has 1 aromatic heterocycles. The van der Waals surface area contributed by atoms with Crippen LogP contribution in [0, 0.1) is 0 Å². The standard InChI is InChI=1S/C15H13NS/c1-17-13-8-6-11(7-9-13)15-10-12-4-2-3-5-14(12)16-15/h2-10,16H,1H3. The number of thioether (sulfide) groups is 1. The van der Waals surface area contributed by atoms with E-state index >= 15 is 0 Å². The van der Waals surface area contributed by atoms with E-state index in [1.807, 2.05) is 0 Å². The molecule has 17 heavy (non-hydrogen) atoms. The highest BCUT2D eigenvalue weighted by Crippen LogP contribution is 2.25. The van der Waals surface area contributed by atoms with Gasteiger partial charge in [-0.25, -0.2) is 0 Å². The molecule has 0 bridgehead atoms. The zero-order valence-corrected chi connectivity index (χ0v) is 10.4. The Balaban J connectivity index is 2.07. The topological polar surface area (TPSA) is 15.8 Å². The molecule has 84 valence electrons. The molecule has 0 fully saturated rings. The average molecular weight is 239 g/mol. The van der Waals surface area contributed by atoms with Crippen molar-refractivity contribution >= 4 is 22.7 Å². The van der Waals surface area contributed by atoms with E-state index in [0.717, 1.165) is 0 Å². The fourth-order valence-corrected chi connectivity index (χ4v) is 2.41. The second-order valence-electron chi connectivity index (χ2n) is 4.00. The predicted octanol–water partition coefficient (Wildman–Crippen LogP) is 4.56. The van der Waals surface area contributed by atoms with Gasteiger partial charge in [-0.1, -0.05) is 30.3 Å². The lowest BCUT2D eigenvalue weighted by Crippen LogP contribution is -1.77. The van der Waals surface area contributed by atoms with Gasteiger partial charge >= 0.3 is 0 Å². The van der Waals surface area contributed by atoms with Crippen molar-refractivity contribution in [3.05, 3.63) is 54.6 Å². The van der Waals surface area contributed by atoms with E-state index in [1.165, 1.54) is 27.1 Å². The number of H-pyrrole nitrogens is 1. The normalized spacial score (nSPS) is 10.9. The number of aromatic nitrogens is 1. The Kier molecular flexibility index (Phi) is 2.65. The van der Waals surface area contributed by atoms with Crippen molar-refractivity contribution in [3.8, 4) is 11.3 Å². The monoisotopic (exact) mass is 239 g/mol. The fraction of sp³-hybridized carbons (Fsp3) is 0.0667. The third kappa shape index (κ3) is 1.96. The molecule has 0 atom stereocenters. The summed E-state index contributed by atoms with van der Waals surface area (Å²) in [5.41, 5.74) is 3.61. The Labute approximate surface area is 105 Å². The van der Waals surface area contributed by atoms with E-state index in [4.69, 9.17) is 0 Å². The molecule has 0 saturated heterocycles. The number of benzene rings is 2. The summed E-state index contributed by atoms with van der Waals surface area (Å²) < 4.78 is 0. The van der Waals surface area contributed by atoms with Crippen LogP contribution in [-0.4, -0.2) is 11.2 Å². The zero-order valence-electron chi connectivity index (χ0n) is 9.60. The van der Waals surface area contributed by atoms with Crippen molar-refractivity contribution in [2.75, 3.05) is 6.26 Å². The van der Waals surface area contributed by atoms with Crippen molar-refractivity contribution in [1.29, 1.82) is 0 Å². The molecule has 0 unspecified atom stereocenters. The minimum Gasteiger partial charge on any atom is -0.355 e. The van der Waals surface area contributed by atoms with Gasteiger partial charge in [0, 0.05) is 21.5 Å². The maximum absolute atomic E-state index is 3.44. The van der Waals surface area contributed by atoms with Crippen LogP contribution in [0.5, 0.6) is 0 Å². The second kappa shape index (κ2) is 4.30. The molecular formula is C15H13NS. The van der Waals surface area contributed by atoms with Crippen LogP contribution in [0.1, 0.15) is 0 Å². The fourth-order valence-electron chi connectivity index (χ4n) is 2.00. The van der Waals surface area contributed by atoms with Crippen LogP contribution >= 0.6 is 11.8 Å². The number of fused-ring (bicyclic) bond motifs is 1. The molecule has 0 radical (unpaired) electrons. The molecule has 0 spiro atoms. The Morgan fingerprint density at radius 1 is 0.941 bits per heavy atom. The van der Waals surface area contributed by atoms with Crippen molar-refractivity contribution in [1.82, 2.24) is 4.98 Å². The zero-order chi connectivity index (χ0) is 11.7. The van der Waals surface area contributed by atoms with E-state index in [2.05, 4.69) is 65.8 Å². The van der Waals surface area contributed by atoms with E-state index in [1.54, 1.807) is 11.8 Å². The van der Waals surface area contributed by atoms with Crippen LogP contribution < -0.4 is 0 Å². The highest BCUT2D eigenvalue weighted by atomic mass is 32.2. The molecule has 3 rings (SSSR count). The Hall–Kier alpha value is -1.67. The minimum absolute atomic E-state index is 1.18. The summed E-state index contributed by atoms with van der Waals surface area (Å²) >= 11 is 1.77. The predicted molar refractivity (Wildman–Crippen MR) is 75.5 cm³/mol. The van der Waals surface area contributed by atoms with Crippen LogP contribution in [0.3, 0.4) is 0 Å². The summed E-state index contributed by atoms with van der Waals surface area (Å²) in [5.74, 6) is 0. The summed E-state index contributed by atoms with van der Waals surface area (Å²) in [6, 6.07) is 19.2. The van der Waals surface area contributed by atoms with Gasteiger partial charge in [-0.15, -0.1) is 11.8 Å². The number of rotatable bonds is 2. The first kappa shape index (κ1) is 10.5. The molecular weight excluding hydrogens is 226 g/mol. The molecule has 3 aromatic rings. The van der Waals surface area contributed by atoms with Gasteiger partial charge in [-0.2, -0.15) is 0 Å². The molecule has 0 amide bonds. The maximum atomic E-state index is 3.44. The maximum Gasteiger partial charge on any atom is 0.0464 e. The summed E-state index contributed by atoms with van der Waals surface area (Å²) in [5, 5.41) is 1.26. The molecule has 1 heterocycles. The smallest absolute Gasteiger partial charge is 0.0464 e. The lowest BCUT2D eigenvalue weighted by molar-refractivity contribution is 1.41. The molecule has 1 nitrogen and oxygen atoms in total. The van der Waals surface area contributed by atoms with E-state index < -0.39 is 0 Å². The van der Waals surface area contributed by atoms with Gasteiger partial charge < -0.3 is 4.98 Å². The van der Waals surface area contributed by atoms with Crippen LogP contribution in [-0.2, 0) is 0 Å². The first-order valence-corrected chi connectivity index (χ1v) is 6.81. The molecule has 2 aromatic carbocycles. The summed E-state index contributed by atoms with van der Waals surface area (Å²) in [6.07, 6.45) is 2.10.